The average Bonchev–Trinajstić information content (AvgIpc) is 3.25. The largest absolute Gasteiger partial charge is 0.409 e. The van der Waals surface area contributed by atoms with Crippen LogP contribution in [0.15, 0.2) is 9.59 Å². The molecule has 0 radical (unpaired) electrons. The number of nitrogens with one attached hydrogen (secondary N) is 1. The number of hydrogen-bond acceptors (Lipinski definition) is 5. The molecule has 0 aliphatic carbocycles. The number of alkyl halides is 3. The lowest BCUT2D eigenvalue weighted by Gasteiger charge is -2.19. The van der Waals surface area contributed by atoms with E-state index in [1.165, 1.54) is 14.0 Å². The number of nitrogens with zero attached hydrogens (tertiary/aromatic N) is 3. The molecule has 3 heterocycles. The van der Waals surface area contributed by atoms with Gasteiger partial charge in [0.05, 0.1) is 27.8 Å². The van der Waals surface area contributed by atoms with Crippen molar-refractivity contribution in [2.24, 2.45) is 0 Å². The second-order valence-electron chi connectivity index (χ2n) is 6.55. The monoisotopic (exact) mass is 436 g/mol. The van der Waals surface area contributed by atoms with Crippen LogP contribution >= 0.6 is 11.3 Å². The first-order valence-corrected chi connectivity index (χ1v) is 9.55. The number of amides is 2. The fraction of sp³-hybridized carbons (Fsp3) is 0.588. The summed E-state index contributed by atoms with van der Waals surface area (Å²) >= 11 is 0.769. The van der Waals surface area contributed by atoms with Gasteiger partial charge in [-0.2, -0.15) is 13.2 Å². The minimum Gasteiger partial charge on any atom is -0.383 e. The molecule has 1 saturated heterocycles. The Morgan fingerprint density at radius 2 is 2.03 bits per heavy atom. The third kappa shape index (κ3) is 3.78. The summed E-state index contributed by atoms with van der Waals surface area (Å²) < 4.78 is 63.2. The van der Waals surface area contributed by atoms with Crippen molar-refractivity contribution in [1.82, 2.24) is 19.4 Å². The number of halogens is 3. The number of ether oxygens (including phenoxy) is 1. The Morgan fingerprint density at radius 3 is 2.59 bits per heavy atom. The molecule has 0 spiro atoms. The van der Waals surface area contributed by atoms with Gasteiger partial charge in [0, 0.05) is 25.1 Å². The summed E-state index contributed by atoms with van der Waals surface area (Å²) in [7, 11) is 1.35. The summed E-state index contributed by atoms with van der Waals surface area (Å²) in [5.41, 5.74) is -2.23. The molecule has 2 amide bonds. The second kappa shape index (κ2) is 7.82. The van der Waals surface area contributed by atoms with Crippen molar-refractivity contribution in [3.63, 3.8) is 0 Å². The summed E-state index contributed by atoms with van der Waals surface area (Å²) in [6.07, 6.45) is -4.84. The predicted molar refractivity (Wildman–Crippen MR) is 102 cm³/mol. The number of aromatic nitrogens is 2. The Morgan fingerprint density at radius 1 is 1.34 bits per heavy atom. The number of fused-ring (bicyclic) bond motifs is 1. The second-order valence-corrected chi connectivity index (χ2v) is 7.55. The molecule has 2 aromatic heterocycles. The van der Waals surface area contributed by atoms with Gasteiger partial charge in [0.2, 0.25) is 0 Å². The zero-order chi connectivity index (χ0) is 23.3. The van der Waals surface area contributed by atoms with Crippen LogP contribution in [0.2, 0.25) is 0 Å². The van der Waals surface area contributed by atoms with E-state index in [2.05, 4.69) is 5.32 Å². The molecule has 3 rings (SSSR count). The maximum Gasteiger partial charge on any atom is 0.409 e. The molecule has 1 aliphatic heterocycles. The van der Waals surface area contributed by atoms with Crippen molar-refractivity contribution in [2.75, 3.05) is 26.8 Å². The predicted octanol–water partition coefficient (Wildman–Crippen LogP) is 1.83. The molecule has 160 valence electrons. The Balaban J connectivity index is 2.35. The molecule has 12 heteroatoms. The van der Waals surface area contributed by atoms with Crippen LogP contribution in [-0.4, -0.2) is 53.0 Å². The van der Waals surface area contributed by atoms with Gasteiger partial charge in [-0.05, 0) is 19.4 Å². The molecule has 0 saturated carbocycles. The van der Waals surface area contributed by atoms with Gasteiger partial charge in [-0.1, -0.05) is 0 Å². The number of aryl methyl sites for hydroxylation is 1. The van der Waals surface area contributed by atoms with Crippen molar-refractivity contribution in [1.29, 1.82) is 0 Å². The van der Waals surface area contributed by atoms with Crippen molar-refractivity contribution in [3.8, 4) is 0 Å². The molecule has 0 aromatic carbocycles. The van der Waals surface area contributed by atoms with Crippen LogP contribution in [-0.2, 0) is 17.8 Å². The molecule has 2 aromatic rings. The summed E-state index contributed by atoms with van der Waals surface area (Å²) in [4.78, 5) is 38.9. The van der Waals surface area contributed by atoms with Crippen LogP contribution in [0.1, 0.15) is 26.1 Å². The van der Waals surface area contributed by atoms with Gasteiger partial charge >= 0.3 is 17.9 Å². The highest BCUT2D eigenvalue weighted by Crippen LogP contribution is 2.32. The number of urea groups is 1. The lowest BCUT2D eigenvalue weighted by atomic mass is 10.2. The smallest absolute Gasteiger partial charge is 0.383 e. The van der Waals surface area contributed by atoms with Crippen molar-refractivity contribution >= 4 is 27.6 Å². The standard InChI is InChI=1S/C17H21F3N4O4S/c1-9-11(8-22-5-4-21-15(22)26)29-14-12(9)13(25)24(10(2)17(18,19)20)16(27)23(14)6-7-28-3/h10H,4-8H2,1-3H3,(H,21,26)/i8D2. The van der Waals surface area contributed by atoms with Crippen LogP contribution in [0.25, 0.3) is 10.2 Å². The van der Waals surface area contributed by atoms with E-state index in [1.807, 2.05) is 0 Å². The number of thiophene rings is 1. The molecular weight excluding hydrogens is 413 g/mol. The third-order valence-electron chi connectivity index (χ3n) is 4.72. The fourth-order valence-electron chi connectivity index (χ4n) is 3.04. The highest BCUT2D eigenvalue weighted by molar-refractivity contribution is 7.18. The van der Waals surface area contributed by atoms with Crippen LogP contribution < -0.4 is 16.6 Å². The number of carbonyl (C=O) groups is 1. The third-order valence-corrected chi connectivity index (χ3v) is 5.94. The Hall–Kier alpha value is -2.34. The maximum atomic E-state index is 13.4. The van der Waals surface area contributed by atoms with Crippen LogP contribution in [0.3, 0.4) is 0 Å². The normalized spacial score (nSPS) is 17.4. The molecule has 29 heavy (non-hydrogen) atoms. The molecule has 1 aliphatic rings. The van der Waals surface area contributed by atoms with E-state index in [1.54, 1.807) is 0 Å². The van der Waals surface area contributed by atoms with Gasteiger partial charge in [-0.25, -0.2) is 14.2 Å². The van der Waals surface area contributed by atoms with E-state index in [-0.39, 0.29) is 51.5 Å². The van der Waals surface area contributed by atoms with Gasteiger partial charge < -0.3 is 15.0 Å². The van der Waals surface area contributed by atoms with Crippen molar-refractivity contribution in [2.45, 2.75) is 39.1 Å². The average molecular weight is 436 g/mol. The number of methoxy groups -OCH3 is 1. The van der Waals surface area contributed by atoms with Gasteiger partial charge in [-0.3, -0.25) is 9.36 Å². The molecule has 1 fully saturated rings. The van der Waals surface area contributed by atoms with Crippen LogP contribution in [0.5, 0.6) is 0 Å². The number of carbonyl (C=O) groups excluding carboxylic acids is 1. The first-order valence-electron chi connectivity index (χ1n) is 9.74. The summed E-state index contributed by atoms with van der Waals surface area (Å²) in [5.74, 6) is 0. The van der Waals surface area contributed by atoms with E-state index in [0.29, 0.717) is 6.92 Å². The summed E-state index contributed by atoms with van der Waals surface area (Å²) in [6.45, 7) is -0.0586. The van der Waals surface area contributed by atoms with E-state index < -0.39 is 36.0 Å². The molecule has 1 N–H and O–H groups in total. The molecule has 0 bridgehead atoms. The first kappa shape index (κ1) is 18.7. The summed E-state index contributed by atoms with van der Waals surface area (Å²) in [6, 6.07) is -3.02. The Labute approximate surface area is 170 Å². The Bertz CT molecular complexity index is 1140. The molecule has 1 atom stereocenters. The quantitative estimate of drug-likeness (QED) is 0.749. The van der Waals surface area contributed by atoms with Crippen LogP contribution in [0.4, 0.5) is 18.0 Å². The van der Waals surface area contributed by atoms with Gasteiger partial charge in [0.15, 0.2) is 0 Å². The minimum absolute atomic E-state index is 0.0126. The van der Waals surface area contributed by atoms with Gasteiger partial charge in [0.25, 0.3) is 5.56 Å². The van der Waals surface area contributed by atoms with E-state index in [9.17, 15) is 27.6 Å². The topological polar surface area (TPSA) is 85.6 Å². The highest BCUT2D eigenvalue weighted by atomic mass is 32.1. The maximum absolute atomic E-state index is 13.4. The fourth-order valence-corrected chi connectivity index (χ4v) is 4.27. The van der Waals surface area contributed by atoms with E-state index >= 15 is 0 Å². The van der Waals surface area contributed by atoms with Crippen LogP contribution in [0, 0.1) is 6.92 Å². The molecule has 1 unspecified atom stereocenters. The number of hydrogen-bond donors (Lipinski definition) is 1. The zero-order valence-corrected chi connectivity index (χ0v) is 16.7. The lowest BCUT2D eigenvalue weighted by molar-refractivity contribution is -0.164. The molecule has 8 nitrogen and oxygen atoms in total. The lowest BCUT2D eigenvalue weighted by Crippen LogP contribution is -2.45. The van der Waals surface area contributed by atoms with E-state index in [4.69, 9.17) is 7.48 Å². The first-order chi connectivity index (χ1) is 14.3. The van der Waals surface area contributed by atoms with Gasteiger partial charge in [-0.15, -0.1) is 11.3 Å². The van der Waals surface area contributed by atoms with Crippen molar-refractivity contribution in [3.05, 3.63) is 31.3 Å². The summed E-state index contributed by atoms with van der Waals surface area (Å²) in [5, 5.41) is 2.30. The SMILES string of the molecule is [2H]C([2H])(c1sc2c(c1C)c(=O)n(C(C)C(F)(F)F)c(=O)n2CCOC)N1CCNC1=O. The molecular formula is C17H21F3N4O4S. The van der Waals surface area contributed by atoms with Gasteiger partial charge in [0.1, 0.15) is 10.9 Å². The van der Waals surface area contributed by atoms with E-state index in [0.717, 1.165) is 20.8 Å². The zero-order valence-electron chi connectivity index (χ0n) is 17.9. The van der Waals surface area contributed by atoms with Crippen molar-refractivity contribution < 1.29 is 25.4 Å². The minimum atomic E-state index is -4.84. The number of rotatable bonds is 6. The highest BCUT2D eigenvalue weighted by Gasteiger charge is 2.40. The Kier molecular flexibility index (Phi) is 5.04.